The molecule has 25 heavy (non-hydrogen) atoms. The standard InChI is InChI=1S/C18H20FN3O2S/c1-3-22(4-2)17(23)12-25-16-10-5-13(11-20-16)18(24)21-15-8-6-14(19)7-9-15/h5-11H,3-4,12H2,1-2H3,(H,21,24). The Morgan fingerprint density at radius 2 is 1.80 bits per heavy atom. The van der Waals surface area contributed by atoms with Gasteiger partial charge in [0.05, 0.1) is 16.3 Å². The average Bonchev–Trinajstić information content (AvgIpc) is 2.63. The summed E-state index contributed by atoms with van der Waals surface area (Å²) in [5, 5.41) is 3.35. The molecule has 0 bridgehead atoms. The third-order valence-corrected chi connectivity index (χ3v) is 4.49. The van der Waals surface area contributed by atoms with E-state index in [1.165, 1.54) is 42.2 Å². The fraction of sp³-hybridized carbons (Fsp3) is 0.278. The molecule has 0 atom stereocenters. The molecule has 2 aromatic rings. The summed E-state index contributed by atoms with van der Waals surface area (Å²) in [7, 11) is 0. The van der Waals surface area contributed by atoms with Crippen LogP contribution in [0, 0.1) is 5.82 Å². The van der Waals surface area contributed by atoms with E-state index in [-0.39, 0.29) is 17.6 Å². The van der Waals surface area contributed by atoms with Crippen molar-refractivity contribution >= 4 is 29.3 Å². The Labute approximate surface area is 150 Å². The van der Waals surface area contributed by atoms with Crippen LogP contribution in [0.2, 0.25) is 0 Å². The van der Waals surface area contributed by atoms with Crippen molar-refractivity contribution < 1.29 is 14.0 Å². The molecule has 5 nitrogen and oxygen atoms in total. The van der Waals surface area contributed by atoms with E-state index in [2.05, 4.69) is 10.3 Å². The summed E-state index contributed by atoms with van der Waals surface area (Å²) >= 11 is 1.34. The first-order chi connectivity index (χ1) is 12.0. The molecule has 2 amide bonds. The number of carbonyl (C=O) groups excluding carboxylic acids is 2. The van der Waals surface area contributed by atoms with Gasteiger partial charge in [-0.25, -0.2) is 9.37 Å². The smallest absolute Gasteiger partial charge is 0.257 e. The first kappa shape index (κ1) is 18.9. The number of hydrogen-bond donors (Lipinski definition) is 1. The third kappa shape index (κ3) is 5.56. The number of pyridine rings is 1. The second-order valence-electron chi connectivity index (χ2n) is 5.20. The van der Waals surface area contributed by atoms with Crippen molar-refractivity contribution in [1.82, 2.24) is 9.88 Å². The van der Waals surface area contributed by atoms with Gasteiger partial charge in [-0.05, 0) is 50.2 Å². The Morgan fingerprint density at radius 1 is 1.12 bits per heavy atom. The van der Waals surface area contributed by atoms with Crippen LogP contribution in [0.25, 0.3) is 0 Å². The molecule has 0 radical (unpaired) electrons. The van der Waals surface area contributed by atoms with Crippen LogP contribution in [-0.2, 0) is 4.79 Å². The van der Waals surface area contributed by atoms with E-state index in [9.17, 15) is 14.0 Å². The minimum Gasteiger partial charge on any atom is -0.343 e. The third-order valence-electron chi connectivity index (χ3n) is 3.56. The summed E-state index contributed by atoms with van der Waals surface area (Å²) in [6.45, 7) is 5.26. The number of aromatic nitrogens is 1. The molecule has 0 aliphatic carbocycles. The topological polar surface area (TPSA) is 62.3 Å². The number of benzene rings is 1. The number of amides is 2. The maximum atomic E-state index is 12.9. The van der Waals surface area contributed by atoms with Gasteiger partial charge in [-0.2, -0.15) is 0 Å². The predicted molar refractivity (Wildman–Crippen MR) is 97.2 cm³/mol. The van der Waals surface area contributed by atoms with Crippen molar-refractivity contribution in [1.29, 1.82) is 0 Å². The van der Waals surface area contributed by atoms with E-state index in [0.717, 1.165) is 0 Å². The molecule has 0 spiro atoms. The summed E-state index contributed by atoms with van der Waals surface area (Å²) < 4.78 is 12.9. The van der Waals surface area contributed by atoms with E-state index in [1.54, 1.807) is 17.0 Å². The lowest BCUT2D eigenvalue weighted by Gasteiger charge is -2.17. The fourth-order valence-electron chi connectivity index (χ4n) is 2.14. The summed E-state index contributed by atoms with van der Waals surface area (Å²) in [5.41, 5.74) is 0.901. The molecular weight excluding hydrogens is 341 g/mol. The number of hydrogen-bond acceptors (Lipinski definition) is 4. The van der Waals surface area contributed by atoms with Gasteiger partial charge in [0.25, 0.3) is 5.91 Å². The zero-order valence-corrected chi connectivity index (χ0v) is 15.0. The molecule has 132 valence electrons. The zero-order chi connectivity index (χ0) is 18.2. The van der Waals surface area contributed by atoms with Crippen molar-refractivity contribution in [2.24, 2.45) is 0 Å². The Balaban J connectivity index is 1.91. The van der Waals surface area contributed by atoms with Crippen molar-refractivity contribution in [2.75, 3.05) is 24.2 Å². The number of rotatable bonds is 7. The molecule has 0 aliphatic heterocycles. The van der Waals surface area contributed by atoms with Crippen LogP contribution in [0.5, 0.6) is 0 Å². The van der Waals surface area contributed by atoms with Crippen molar-refractivity contribution in [3.05, 3.63) is 54.0 Å². The van der Waals surface area contributed by atoms with Gasteiger partial charge in [-0.1, -0.05) is 11.8 Å². The number of carbonyl (C=O) groups is 2. The van der Waals surface area contributed by atoms with E-state index in [4.69, 9.17) is 0 Å². The quantitative estimate of drug-likeness (QED) is 0.768. The van der Waals surface area contributed by atoms with Gasteiger partial charge in [0.15, 0.2) is 0 Å². The molecule has 0 saturated carbocycles. The van der Waals surface area contributed by atoms with E-state index >= 15 is 0 Å². The lowest BCUT2D eigenvalue weighted by Crippen LogP contribution is -2.31. The van der Waals surface area contributed by atoms with Crippen molar-refractivity contribution in [3.8, 4) is 0 Å². The van der Waals surface area contributed by atoms with E-state index < -0.39 is 0 Å². The van der Waals surface area contributed by atoms with Gasteiger partial charge in [-0.15, -0.1) is 0 Å². The molecule has 0 aliphatic rings. The van der Waals surface area contributed by atoms with Gasteiger partial charge < -0.3 is 10.2 Å². The molecule has 7 heteroatoms. The van der Waals surface area contributed by atoms with Crippen molar-refractivity contribution in [2.45, 2.75) is 18.9 Å². The lowest BCUT2D eigenvalue weighted by molar-refractivity contribution is -0.127. The van der Waals surface area contributed by atoms with Crippen molar-refractivity contribution in [3.63, 3.8) is 0 Å². The Morgan fingerprint density at radius 3 is 2.36 bits per heavy atom. The molecule has 0 fully saturated rings. The monoisotopic (exact) mass is 361 g/mol. The van der Waals surface area contributed by atoms with Gasteiger partial charge in [-0.3, -0.25) is 9.59 Å². The number of anilines is 1. The van der Waals surface area contributed by atoms with E-state index in [1.807, 2.05) is 13.8 Å². The largest absolute Gasteiger partial charge is 0.343 e. The summed E-state index contributed by atoms with van der Waals surface area (Å²) in [6.07, 6.45) is 1.46. The van der Waals surface area contributed by atoms with Crippen LogP contribution < -0.4 is 5.32 Å². The first-order valence-electron chi connectivity index (χ1n) is 7.97. The predicted octanol–water partition coefficient (Wildman–Crippen LogP) is 3.43. The Bertz CT molecular complexity index is 716. The first-order valence-corrected chi connectivity index (χ1v) is 8.95. The number of nitrogens with one attached hydrogen (secondary N) is 1. The van der Waals surface area contributed by atoms with Gasteiger partial charge in [0, 0.05) is 25.0 Å². The lowest BCUT2D eigenvalue weighted by atomic mass is 10.2. The van der Waals surface area contributed by atoms with Gasteiger partial charge in [0.2, 0.25) is 5.91 Å². The molecular formula is C18H20FN3O2S. The molecule has 1 aromatic carbocycles. The molecule has 0 saturated heterocycles. The minimum atomic E-state index is -0.361. The molecule has 1 heterocycles. The zero-order valence-electron chi connectivity index (χ0n) is 14.2. The van der Waals surface area contributed by atoms with Crippen LogP contribution in [-0.4, -0.2) is 40.5 Å². The van der Waals surface area contributed by atoms with E-state index in [0.29, 0.717) is 35.1 Å². The minimum absolute atomic E-state index is 0.0647. The highest BCUT2D eigenvalue weighted by molar-refractivity contribution is 7.99. The fourth-order valence-corrected chi connectivity index (χ4v) is 2.89. The average molecular weight is 361 g/mol. The second-order valence-corrected chi connectivity index (χ2v) is 6.20. The number of halogens is 1. The summed E-state index contributed by atoms with van der Waals surface area (Å²) in [4.78, 5) is 30.1. The maximum Gasteiger partial charge on any atom is 0.257 e. The van der Waals surface area contributed by atoms with Gasteiger partial charge >= 0.3 is 0 Å². The maximum absolute atomic E-state index is 12.9. The van der Waals surface area contributed by atoms with Crippen LogP contribution in [0.4, 0.5) is 10.1 Å². The Hall–Kier alpha value is -2.41. The highest BCUT2D eigenvalue weighted by Crippen LogP contribution is 2.17. The molecule has 1 aromatic heterocycles. The normalized spacial score (nSPS) is 10.4. The van der Waals surface area contributed by atoms with Crippen LogP contribution in [0.1, 0.15) is 24.2 Å². The SMILES string of the molecule is CCN(CC)C(=O)CSc1ccc(C(=O)Nc2ccc(F)cc2)cn1. The Kier molecular flexibility index (Phi) is 6.94. The molecule has 2 rings (SSSR count). The van der Waals surface area contributed by atoms with Crippen LogP contribution >= 0.6 is 11.8 Å². The summed E-state index contributed by atoms with van der Waals surface area (Å²) in [5.74, 6) is -0.305. The molecule has 0 unspecified atom stereocenters. The van der Waals surface area contributed by atoms with Crippen LogP contribution in [0.15, 0.2) is 47.6 Å². The summed E-state index contributed by atoms with van der Waals surface area (Å²) in [6, 6.07) is 8.89. The van der Waals surface area contributed by atoms with Crippen LogP contribution in [0.3, 0.4) is 0 Å². The highest BCUT2D eigenvalue weighted by atomic mass is 32.2. The molecule has 1 N–H and O–H groups in total. The van der Waals surface area contributed by atoms with Gasteiger partial charge in [0.1, 0.15) is 5.82 Å². The number of thioether (sulfide) groups is 1. The highest BCUT2D eigenvalue weighted by Gasteiger charge is 2.11. The number of nitrogens with zero attached hydrogens (tertiary/aromatic N) is 2. The second kappa shape index (κ2) is 9.17.